The molecule has 0 saturated heterocycles. The van der Waals surface area contributed by atoms with Crippen LogP contribution in [0, 0.1) is 0 Å². The van der Waals surface area contributed by atoms with Crippen LogP contribution in [0.3, 0.4) is 0 Å². The highest BCUT2D eigenvalue weighted by molar-refractivity contribution is 7.09. The molecule has 0 aliphatic carbocycles. The standard InChI is InChI=1S/C11H15N5OS/c12-4-6-16-8-10(14-15-16)11(17)13-5-3-9-2-1-7-18-9/h1-2,7-8H,3-6,12H2,(H,13,17). The third-order valence-corrected chi connectivity index (χ3v) is 3.30. The molecule has 0 fully saturated rings. The minimum Gasteiger partial charge on any atom is -0.350 e. The van der Waals surface area contributed by atoms with Crippen molar-refractivity contribution in [1.82, 2.24) is 20.3 Å². The first kappa shape index (κ1) is 12.7. The normalized spacial score (nSPS) is 10.5. The van der Waals surface area contributed by atoms with E-state index in [1.54, 1.807) is 22.2 Å². The molecule has 0 aliphatic rings. The van der Waals surface area contributed by atoms with Crippen molar-refractivity contribution in [3.05, 3.63) is 34.3 Å². The number of aromatic nitrogens is 3. The quantitative estimate of drug-likeness (QED) is 0.785. The van der Waals surface area contributed by atoms with Crippen LogP contribution in [0.1, 0.15) is 15.4 Å². The molecule has 96 valence electrons. The summed E-state index contributed by atoms with van der Waals surface area (Å²) in [6.45, 7) is 1.64. The second-order valence-corrected chi connectivity index (χ2v) is 4.77. The van der Waals surface area contributed by atoms with Crippen molar-refractivity contribution in [3.8, 4) is 0 Å². The van der Waals surface area contributed by atoms with Crippen LogP contribution in [-0.2, 0) is 13.0 Å². The molecule has 0 atom stereocenters. The zero-order chi connectivity index (χ0) is 12.8. The second-order valence-electron chi connectivity index (χ2n) is 3.74. The number of rotatable bonds is 6. The van der Waals surface area contributed by atoms with Gasteiger partial charge >= 0.3 is 0 Å². The Morgan fingerprint density at radius 3 is 3.17 bits per heavy atom. The SMILES string of the molecule is NCCn1cc(C(=O)NCCc2cccs2)nn1. The zero-order valence-electron chi connectivity index (χ0n) is 9.87. The number of amides is 1. The predicted molar refractivity (Wildman–Crippen MR) is 69.4 cm³/mol. The van der Waals surface area contributed by atoms with Crippen LogP contribution in [-0.4, -0.2) is 34.0 Å². The molecule has 6 nitrogen and oxygen atoms in total. The van der Waals surface area contributed by atoms with E-state index >= 15 is 0 Å². The molecule has 0 aliphatic heterocycles. The minimum atomic E-state index is -0.199. The van der Waals surface area contributed by atoms with E-state index < -0.39 is 0 Å². The molecule has 2 aromatic rings. The minimum absolute atomic E-state index is 0.199. The zero-order valence-corrected chi connectivity index (χ0v) is 10.7. The number of hydrogen-bond donors (Lipinski definition) is 2. The van der Waals surface area contributed by atoms with E-state index in [-0.39, 0.29) is 5.91 Å². The lowest BCUT2D eigenvalue weighted by Gasteiger charge is -2.00. The lowest BCUT2D eigenvalue weighted by atomic mass is 10.3. The largest absolute Gasteiger partial charge is 0.350 e. The van der Waals surface area contributed by atoms with Gasteiger partial charge < -0.3 is 11.1 Å². The maximum absolute atomic E-state index is 11.7. The van der Waals surface area contributed by atoms with Crippen LogP contribution in [0.5, 0.6) is 0 Å². The van der Waals surface area contributed by atoms with Gasteiger partial charge in [-0.2, -0.15) is 0 Å². The topological polar surface area (TPSA) is 85.8 Å². The van der Waals surface area contributed by atoms with Gasteiger partial charge in [0.15, 0.2) is 5.69 Å². The van der Waals surface area contributed by atoms with Crippen LogP contribution in [0.2, 0.25) is 0 Å². The highest BCUT2D eigenvalue weighted by atomic mass is 32.1. The molecular formula is C11H15N5OS. The Bertz CT molecular complexity index is 493. The van der Waals surface area contributed by atoms with Crippen molar-refractivity contribution in [2.75, 3.05) is 13.1 Å². The van der Waals surface area contributed by atoms with Gasteiger partial charge in [-0.1, -0.05) is 11.3 Å². The summed E-state index contributed by atoms with van der Waals surface area (Å²) >= 11 is 1.68. The maximum atomic E-state index is 11.7. The van der Waals surface area contributed by atoms with Crippen molar-refractivity contribution >= 4 is 17.2 Å². The summed E-state index contributed by atoms with van der Waals surface area (Å²) in [5.74, 6) is -0.199. The van der Waals surface area contributed by atoms with E-state index in [4.69, 9.17) is 5.73 Å². The first-order valence-electron chi connectivity index (χ1n) is 5.70. The van der Waals surface area contributed by atoms with E-state index in [0.717, 1.165) is 6.42 Å². The Kier molecular flexibility index (Phi) is 4.43. The molecule has 1 amide bonds. The van der Waals surface area contributed by atoms with E-state index in [0.29, 0.717) is 25.3 Å². The molecule has 0 saturated carbocycles. The summed E-state index contributed by atoms with van der Waals surface area (Å²) in [7, 11) is 0. The molecule has 3 N–H and O–H groups in total. The average molecular weight is 265 g/mol. The van der Waals surface area contributed by atoms with Crippen molar-refractivity contribution in [1.29, 1.82) is 0 Å². The highest BCUT2D eigenvalue weighted by Gasteiger charge is 2.09. The first-order chi connectivity index (χ1) is 8.79. The molecule has 2 rings (SSSR count). The Morgan fingerprint density at radius 1 is 1.56 bits per heavy atom. The number of nitrogens with one attached hydrogen (secondary N) is 1. The number of thiophene rings is 1. The smallest absolute Gasteiger partial charge is 0.273 e. The van der Waals surface area contributed by atoms with Crippen molar-refractivity contribution in [2.24, 2.45) is 5.73 Å². The van der Waals surface area contributed by atoms with Gasteiger partial charge in [0.2, 0.25) is 0 Å². The van der Waals surface area contributed by atoms with Crippen LogP contribution in [0.15, 0.2) is 23.7 Å². The number of hydrogen-bond acceptors (Lipinski definition) is 5. The molecule has 2 aromatic heterocycles. The van der Waals surface area contributed by atoms with Gasteiger partial charge in [0, 0.05) is 18.0 Å². The lowest BCUT2D eigenvalue weighted by Crippen LogP contribution is -2.25. The van der Waals surface area contributed by atoms with Gasteiger partial charge in [0.1, 0.15) is 0 Å². The fourth-order valence-electron chi connectivity index (χ4n) is 1.49. The Balaban J connectivity index is 1.80. The van der Waals surface area contributed by atoms with Gasteiger partial charge in [-0.3, -0.25) is 9.48 Å². The van der Waals surface area contributed by atoms with E-state index in [2.05, 4.69) is 15.6 Å². The van der Waals surface area contributed by atoms with Gasteiger partial charge in [-0.15, -0.1) is 16.4 Å². The molecule has 0 spiro atoms. The lowest BCUT2D eigenvalue weighted by molar-refractivity contribution is 0.0949. The predicted octanol–water partition coefficient (Wildman–Crippen LogP) is 0.271. The van der Waals surface area contributed by atoms with E-state index in [1.807, 2.05) is 17.5 Å². The average Bonchev–Trinajstić information content (AvgIpc) is 3.00. The van der Waals surface area contributed by atoms with Crippen LogP contribution >= 0.6 is 11.3 Å². The Hall–Kier alpha value is -1.73. The molecule has 18 heavy (non-hydrogen) atoms. The Labute approximate surface area is 109 Å². The van der Waals surface area contributed by atoms with Crippen LogP contribution < -0.4 is 11.1 Å². The fourth-order valence-corrected chi connectivity index (χ4v) is 2.20. The number of carbonyl (C=O) groups is 1. The summed E-state index contributed by atoms with van der Waals surface area (Å²) in [6, 6.07) is 4.05. The summed E-state index contributed by atoms with van der Waals surface area (Å²) in [6.07, 6.45) is 2.44. The molecule has 0 aromatic carbocycles. The maximum Gasteiger partial charge on any atom is 0.273 e. The molecular weight excluding hydrogens is 250 g/mol. The van der Waals surface area contributed by atoms with Crippen LogP contribution in [0.25, 0.3) is 0 Å². The van der Waals surface area contributed by atoms with Gasteiger partial charge in [0.05, 0.1) is 12.7 Å². The Morgan fingerprint density at radius 2 is 2.44 bits per heavy atom. The summed E-state index contributed by atoms with van der Waals surface area (Å²) in [5, 5.41) is 12.4. The molecule has 0 unspecified atom stereocenters. The van der Waals surface area contributed by atoms with E-state index in [9.17, 15) is 4.79 Å². The van der Waals surface area contributed by atoms with Crippen molar-refractivity contribution < 1.29 is 4.79 Å². The monoisotopic (exact) mass is 265 g/mol. The van der Waals surface area contributed by atoms with Gasteiger partial charge in [-0.25, -0.2) is 0 Å². The number of nitrogens with two attached hydrogens (primary N) is 1. The van der Waals surface area contributed by atoms with Gasteiger partial charge in [-0.05, 0) is 17.9 Å². The second kappa shape index (κ2) is 6.27. The summed E-state index contributed by atoms with van der Waals surface area (Å²) in [4.78, 5) is 13.0. The molecule has 0 radical (unpaired) electrons. The summed E-state index contributed by atoms with van der Waals surface area (Å²) in [5.41, 5.74) is 5.72. The highest BCUT2D eigenvalue weighted by Crippen LogP contribution is 2.08. The third-order valence-electron chi connectivity index (χ3n) is 2.37. The summed E-state index contributed by atoms with van der Waals surface area (Å²) < 4.78 is 1.56. The number of nitrogens with zero attached hydrogens (tertiary/aromatic N) is 3. The molecule has 2 heterocycles. The molecule has 0 bridgehead atoms. The first-order valence-corrected chi connectivity index (χ1v) is 6.58. The fraction of sp³-hybridized carbons (Fsp3) is 0.364. The van der Waals surface area contributed by atoms with E-state index in [1.165, 1.54) is 4.88 Å². The van der Waals surface area contributed by atoms with Crippen molar-refractivity contribution in [2.45, 2.75) is 13.0 Å². The van der Waals surface area contributed by atoms with Gasteiger partial charge in [0.25, 0.3) is 5.91 Å². The number of carbonyl (C=O) groups excluding carboxylic acids is 1. The molecule has 7 heteroatoms. The third kappa shape index (κ3) is 3.38. The van der Waals surface area contributed by atoms with Crippen LogP contribution in [0.4, 0.5) is 0 Å². The van der Waals surface area contributed by atoms with Crippen molar-refractivity contribution in [3.63, 3.8) is 0 Å².